The van der Waals surface area contributed by atoms with E-state index in [2.05, 4.69) is 0 Å². The molecule has 0 aromatic carbocycles. The normalized spacial score (nSPS) is 2.00. The number of hydrogen-bond donors (Lipinski definition) is 0. The minimum absolute atomic E-state index is 0. The molecular formula is C3H4Na. The second-order valence-corrected chi connectivity index (χ2v) is 0.250. The van der Waals surface area contributed by atoms with Crippen molar-refractivity contribution in [2.24, 2.45) is 0 Å². The maximum absolute atomic E-state index is 5.96. The summed E-state index contributed by atoms with van der Waals surface area (Å²) in [7, 11) is 0. The summed E-state index contributed by atoms with van der Waals surface area (Å²) in [4.78, 5) is 0. The van der Waals surface area contributed by atoms with E-state index in [0.717, 1.165) is 0 Å². The molecule has 0 spiro atoms. The predicted molar refractivity (Wildman–Crippen MR) is 20.0 cm³/mol. The number of hydrogen-bond acceptors (Lipinski definition) is 0. The van der Waals surface area contributed by atoms with Crippen LogP contribution < -0.4 is 0 Å². The van der Waals surface area contributed by atoms with Crippen LogP contribution in [0, 0.1) is 12.3 Å². The van der Waals surface area contributed by atoms with E-state index < -0.39 is 0 Å². The third-order valence-electron chi connectivity index (χ3n) is 0. The van der Waals surface area contributed by atoms with Gasteiger partial charge in [0.2, 0.25) is 0 Å². The van der Waals surface area contributed by atoms with Crippen LogP contribution in [0.1, 0.15) is 6.92 Å². The second kappa shape index (κ2) is 9.59. The summed E-state index contributed by atoms with van der Waals surface area (Å²) in [5.41, 5.74) is 0. The van der Waals surface area contributed by atoms with Gasteiger partial charge in [-0.1, -0.05) is 5.92 Å². The standard InChI is InChI=1S/C3H3.Na.H/c1-3-2;;/h1H3;;. The van der Waals surface area contributed by atoms with Crippen LogP contribution >= 0.6 is 0 Å². The summed E-state index contributed by atoms with van der Waals surface area (Å²) in [5.74, 6) is 2.00. The quantitative estimate of drug-likeness (QED) is 0.273. The summed E-state index contributed by atoms with van der Waals surface area (Å²) >= 11 is 0. The third kappa shape index (κ3) is 19.9. The molecular weight excluding hydrogens is 59.0 g/mol. The van der Waals surface area contributed by atoms with Crippen LogP contribution in [0.25, 0.3) is 0 Å². The van der Waals surface area contributed by atoms with Crippen molar-refractivity contribution in [1.82, 2.24) is 0 Å². The molecule has 0 aliphatic carbocycles. The summed E-state index contributed by atoms with van der Waals surface area (Å²) in [6, 6.07) is 0. The number of rotatable bonds is 0. The summed E-state index contributed by atoms with van der Waals surface area (Å²) < 4.78 is 0. The molecule has 0 aromatic rings. The molecule has 0 atom stereocenters. The molecule has 17 valence electrons. The van der Waals surface area contributed by atoms with Crippen molar-refractivity contribution in [3.63, 3.8) is 0 Å². The molecule has 0 bridgehead atoms. The molecule has 0 unspecified atom stereocenters. The van der Waals surface area contributed by atoms with Gasteiger partial charge in [-0.05, 0) is 13.3 Å². The Kier molecular flexibility index (Phi) is 21.1. The zero-order valence-electron chi connectivity index (χ0n) is 2.00. The average Bonchev–Trinajstić information content (AvgIpc) is 0.918. The van der Waals surface area contributed by atoms with Crippen molar-refractivity contribution < 1.29 is 0 Å². The first-order valence-corrected chi connectivity index (χ1v) is 0.750. The fourth-order valence-electron chi connectivity index (χ4n) is 0. The Morgan fingerprint density at radius 1 is 1.75 bits per heavy atom. The molecule has 1 heteroatoms. The Morgan fingerprint density at radius 2 is 1.75 bits per heavy atom. The Bertz CT molecular complexity index is 24.8. The molecule has 0 aliphatic heterocycles. The molecule has 0 heterocycles. The molecule has 0 fully saturated rings. The Labute approximate surface area is 48.9 Å². The first-order chi connectivity index (χ1) is 1.41. The van der Waals surface area contributed by atoms with E-state index in [1.165, 1.54) is 0 Å². The molecule has 0 rings (SSSR count). The van der Waals surface area contributed by atoms with Gasteiger partial charge in [-0.3, -0.25) is 0 Å². The van der Waals surface area contributed by atoms with Crippen LogP contribution in [0.3, 0.4) is 0 Å². The Morgan fingerprint density at radius 3 is 1.75 bits per heavy atom. The minimum atomic E-state index is 0. The molecule has 0 saturated heterocycles. The SMILES string of the molecule is [C]#CC.[NaH]. The fraction of sp³-hybridized carbons (Fsp3) is 0.333. The van der Waals surface area contributed by atoms with Gasteiger partial charge in [0, 0.05) is 0 Å². The zero-order valence-corrected chi connectivity index (χ0v) is 2.00. The average molecular weight is 63.1 g/mol. The van der Waals surface area contributed by atoms with E-state index in [4.69, 9.17) is 6.42 Å². The van der Waals surface area contributed by atoms with E-state index in [1.807, 2.05) is 5.92 Å². The van der Waals surface area contributed by atoms with Gasteiger partial charge in [-0.25, -0.2) is 0 Å². The van der Waals surface area contributed by atoms with Crippen molar-refractivity contribution in [3.8, 4) is 5.92 Å². The van der Waals surface area contributed by atoms with Gasteiger partial charge < -0.3 is 0 Å². The Balaban J connectivity index is 0. The molecule has 0 N–H and O–H groups in total. The van der Waals surface area contributed by atoms with E-state index in [9.17, 15) is 0 Å². The van der Waals surface area contributed by atoms with Gasteiger partial charge in [0.15, 0.2) is 0 Å². The van der Waals surface area contributed by atoms with Gasteiger partial charge >= 0.3 is 29.6 Å². The molecule has 1 radical (unpaired) electrons. The molecule has 0 amide bonds. The van der Waals surface area contributed by atoms with Gasteiger partial charge in [0.05, 0.1) is 0 Å². The maximum atomic E-state index is 5.96. The first-order valence-electron chi connectivity index (χ1n) is 0.750. The van der Waals surface area contributed by atoms with E-state index in [0.29, 0.717) is 0 Å². The van der Waals surface area contributed by atoms with E-state index in [1.54, 1.807) is 6.92 Å². The molecule has 0 saturated carbocycles. The van der Waals surface area contributed by atoms with Crippen molar-refractivity contribution in [2.75, 3.05) is 0 Å². The summed E-state index contributed by atoms with van der Waals surface area (Å²) in [5, 5.41) is 0. The molecule has 0 nitrogen and oxygen atoms in total. The predicted octanol–water partition coefficient (Wildman–Crippen LogP) is -0.0524. The molecule has 4 heavy (non-hydrogen) atoms. The van der Waals surface area contributed by atoms with Crippen molar-refractivity contribution in [2.45, 2.75) is 6.92 Å². The molecule has 0 aliphatic rings. The van der Waals surface area contributed by atoms with Gasteiger partial charge in [0.1, 0.15) is 0 Å². The second-order valence-electron chi connectivity index (χ2n) is 0.250. The van der Waals surface area contributed by atoms with Gasteiger partial charge in [-0.15, -0.1) is 0 Å². The van der Waals surface area contributed by atoms with Gasteiger partial charge in [-0.2, -0.15) is 0 Å². The van der Waals surface area contributed by atoms with Crippen LogP contribution in [0.4, 0.5) is 0 Å². The third-order valence-corrected chi connectivity index (χ3v) is 0. The van der Waals surface area contributed by atoms with Crippen LogP contribution in [0.5, 0.6) is 0 Å². The van der Waals surface area contributed by atoms with E-state index >= 15 is 0 Å². The van der Waals surface area contributed by atoms with Crippen molar-refractivity contribution in [1.29, 1.82) is 0 Å². The van der Waals surface area contributed by atoms with Crippen molar-refractivity contribution >= 4 is 29.6 Å². The van der Waals surface area contributed by atoms with Crippen molar-refractivity contribution in [3.05, 3.63) is 6.42 Å². The summed E-state index contributed by atoms with van der Waals surface area (Å²) in [6.45, 7) is 1.54. The first kappa shape index (κ1) is 8.82. The topological polar surface area (TPSA) is 0 Å². The Hall–Kier alpha value is 0.560. The van der Waals surface area contributed by atoms with Crippen LogP contribution in [0.2, 0.25) is 0 Å². The monoisotopic (exact) mass is 63.0 g/mol. The zero-order chi connectivity index (χ0) is 2.71. The fourth-order valence-corrected chi connectivity index (χ4v) is 0. The molecule has 0 aromatic heterocycles. The van der Waals surface area contributed by atoms with Crippen LogP contribution in [0.15, 0.2) is 0 Å². The van der Waals surface area contributed by atoms with Crippen LogP contribution in [-0.2, 0) is 0 Å². The van der Waals surface area contributed by atoms with E-state index in [-0.39, 0.29) is 29.6 Å². The summed E-state index contributed by atoms with van der Waals surface area (Å²) in [6.07, 6.45) is 5.96. The van der Waals surface area contributed by atoms with Gasteiger partial charge in [0.25, 0.3) is 0 Å². The van der Waals surface area contributed by atoms with Crippen LogP contribution in [-0.4, -0.2) is 29.6 Å².